The number of hydrogen-bond donors (Lipinski definition) is 1. The van der Waals surface area contributed by atoms with Crippen molar-refractivity contribution >= 4 is 5.91 Å². The summed E-state index contributed by atoms with van der Waals surface area (Å²) in [5, 5.41) is 2.77. The molecule has 0 aromatic rings. The zero-order valence-corrected chi connectivity index (χ0v) is 6.65. The van der Waals surface area contributed by atoms with Crippen LogP contribution in [0.4, 0.5) is 0 Å². The maximum Gasteiger partial charge on any atom is 0.219 e. The van der Waals surface area contributed by atoms with Gasteiger partial charge in [-0.05, 0) is 13.3 Å². The molecular formula is C8H16NO. The van der Waals surface area contributed by atoms with Crippen molar-refractivity contribution in [3.05, 3.63) is 6.92 Å². The fourth-order valence-electron chi connectivity index (χ4n) is 0.691. The molecule has 0 spiro atoms. The maximum atomic E-state index is 10.6. The van der Waals surface area contributed by atoms with Crippen LogP contribution in [0.5, 0.6) is 0 Å². The van der Waals surface area contributed by atoms with E-state index in [-0.39, 0.29) is 5.91 Å². The summed E-state index contributed by atoms with van der Waals surface area (Å²) in [6, 6.07) is 0. The predicted octanol–water partition coefficient (Wildman–Crippen LogP) is 1.52. The first-order chi connectivity index (χ1) is 4.81. The highest BCUT2D eigenvalue weighted by molar-refractivity contribution is 5.76. The van der Waals surface area contributed by atoms with Crippen LogP contribution in [0, 0.1) is 6.92 Å². The lowest BCUT2D eigenvalue weighted by molar-refractivity contribution is -0.120. The van der Waals surface area contributed by atoms with E-state index in [2.05, 4.69) is 19.2 Å². The van der Waals surface area contributed by atoms with Gasteiger partial charge in [-0.15, -0.1) is 0 Å². The Kier molecular flexibility index (Phi) is 6.24. The second kappa shape index (κ2) is 6.59. The largest absolute Gasteiger partial charge is 0.356 e. The van der Waals surface area contributed by atoms with Gasteiger partial charge in [-0.25, -0.2) is 0 Å². The molecule has 0 rings (SSSR count). The van der Waals surface area contributed by atoms with Crippen LogP contribution >= 0.6 is 0 Å². The Morgan fingerprint density at radius 1 is 1.50 bits per heavy atom. The van der Waals surface area contributed by atoms with Crippen molar-refractivity contribution in [1.29, 1.82) is 0 Å². The van der Waals surface area contributed by atoms with E-state index < -0.39 is 0 Å². The number of hydrogen-bond acceptors (Lipinski definition) is 1. The Morgan fingerprint density at radius 2 is 2.20 bits per heavy atom. The van der Waals surface area contributed by atoms with E-state index in [4.69, 9.17) is 0 Å². The van der Waals surface area contributed by atoms with Crippen molar-refractivity contribution < 1.29 is 4.79 Å². The van der Waals surface area contributed by atoms with Crippen molar-refractivity contribution in [3.8, 4) is 0 Å². The summed E-state index contributed by atoms with van der Waals surface area (Å²) in [6.07, 6.45) is 3.83. The minimum absolute atomic E-state index is 0.0519. The van der Waals surface area contributed by atoms with E-state index in [1.54, 1.807) is 0 Å². The molecule has 2 nitrogen and oxygen atoms in total. The molecule has 2 heteroatoms. The Balaban J connectivity index is 2.96. The van der Waals surface area contributed by atoms with Gasteiger partial charge < -0.3 is 5.32 Å². The Labute approximate surface area is 63.0 Å². The molecule has 59 valence electrons. The number of nitrogens with one attached hydrogen (secondary N) is 1. The van der Waals surface area contributed by atoms with Crippen molar-refractivity contribution in [3.63, 3.8) is 0 Å². The fraction of sp³-hybridized carbons (Fsp3) is 0.750. The quantitative estimate of drug-likeness (QED) is 0.579. The average molecular weight is 142 g/mol. The summed E-state index contributed by atoms with van der Waals surface area (Å²) in [6.45, 7) is 6.42. The smallest absolute Gasteiger partial charge is 0.219 e. The number of amides is 1. The molecule has 0 aliphatic heterocycles. The Hall–Kier alpha value is -0.530. The van der Waals surface area contributed by atoms with Crippen LogP contribution in [0.1, 0.15) is 32.6 Å². The molecule has 0 aromatic heterocycles. The molecule has 0 bridgehead atoms. The number of carbonyl (C=O) groups excluding carboxylic acids is 1. The molecule has 0 aliphatic rings. The molecule has 0 aliphatic carbocycles. The van der Waals surface area contributed by atoms with E-state index in [1.807, 2.05) is 0 Å². The van der Waals surface area contributed by atoms with Crippen molar-refractivity contribution in [1.82, 2.24) is 5.32 Å². The summed E-state index contributed by atoms with van der Waals surface area (Å²) in [4.78, 5) is 10.6. The molecule has 0 unspecified atom stereocenters. The van der Waals surface area contributed by atoms with E-state index in [0.29, 0.717) is 6.42 Å². The van der Waals surface area contributed by atoms with Gasteiger partial charge in [0.25, 0.3) is 0 Å². The molecule has 0 atom stereocenters. The SMILES string of the molecule is [CH2]CC(=O)NCCCCC. The summed E-state index contributed by atoms with van der Waals surface area (Å²) in [5.41, 5.74) is 0. The van der Waals surface area contributed by atoms with Gasteiger partial charge in [-0.3, -0.25) is 4.79 Å². The highest BCUT2D eigenvalue weighted by Gasteiger charge is 1.93. The molecule has 0 aromatic carbocycles. The second-order valence-electron chi connectivity index (χ2n) is 2.31. The summed E-state index contributed by atoms with van der Waals surface area (Å²) < 4.78 is 0. The van der Waals surface area contributed by atoms with Gasteiger partial charge in [0.1, 0.15) is 0 Å². The van der Waals surface area contributed by atoms with Gasteiger partial charge in [0, 0.05) is 13.0 Å². The van der Waals surface area contributed by atoms with Gasteiger partial charge in [0.15, 0.2) is 0 Å². The van der Waals surface area contributed by atoms with E-state index >= 15 is 0 Å². The summed E-state index contributed by atoms with van der Waals surface area (Å²) in [7, 11) is 0. The van der Waals surface area contributed by atoms with Crippen LogP contribution in [-0.2, 0) is 4.79 Å². The minimum Gasteiger partial charge on any atom is -0.356 e. The highest BCUT2D eigenvalue weighted by atomic mass is 16.1. The molecule has 0 heterocycles. The van der Waals surface area contributed by atoms with Gasteiger partial charge >= 0.3 is 0 Å². The third kappa shape index (κ3) is 5.60. The average Bonchev–Trinajstić information content (AvgIpc) is 1.98. The molecule has 1 radical (unpaired) electrons. The molecule has 0 saturated carbocycles. The minimum atomic E-state index is 0.0519. The van der Waals surface area contributed by atoms with Gasteiger partial charge in [-0.2, -0.15) is 0 Å². The van der Waals surface area contributed by atoms with E-state index in [9.17, 15) is 4.79 Å². The predicted molar refractivity (Wildman–Crippen MR) is 42.5 cm³/mol. The third-order valence-electron chi connectivity index (χ3n) is 1.33. The van der Waals surface area contributed by atoms with Gasteiger partial charge in [-0.1, -0.05) is 19.8 Å². The summed E-state index contributed by atoms with van der Waals surface area (Å²) in [5.74, 6) is 0.0519. The normalized spacial score (nSPS) is 9.40. The molecule has 1 amide bonds. The zero-order valence-electron chi connectivity index (χ0n) is 6.65. The number of rotatable bonds is 5. The Bertz CT molecular complexity index is 91.3. The topological polar surface area (TPSA) is 29.1 Å². The van der Waals surface area contributed by atoms with Crippen LogP contribution in [0.15, 0.2) is 0 Å². The lowest BCUT2D eigenvalue weighted by atomic mass is 10.2. The first-order valence-corrected chi connectivity index (χ1v) is 3.87. The van der Waals surface area contributed by atoms with Crippen molar-refractivity contribution in [2.24, 2.45) is 0 Å². The second-order valence-corrected chi connectivity index (χ2v) is 2.31. The fourth-order valence-corrected chi connectivity index (χ4v) is 0.691. The van der Waals surface area contributed by atoms with Gasteiger partial charge in [0.2, 0.25) is 5.91 Å². The van der Waals surface area contributed by atoms with Crippen LogP contribution in [0.25, 0.3) is 0 Å². The van der Waals surface area contributed by atoms with E-state index in [1.165, 1.54) is 12.8 Å². The first kappa shape index (κ1) is 9.47. The number of unbranched alkanes of at least 4 members (excludes halogenated alkanes) is 2. The van der Waals surface area contributed by atoms with Crippen LogP contribution in [0.2, 0.25) is 0 Å². The highest BCUT2D eigenvalue weighted by Crippen LogP contribution is 1.90. The molecule has 0 saturated heterocycles. The van der Waals surface area contributed by atoms with Crippen molar-refractivity contribution in [2.45, 2.75) is 32.6 Å². The monoisotopic (exact) mass is 142 g/mol. The maximum absolute atomic E-state index is 10.6. The third-order valence-corrected chi connectivity index (χ3v) is 1.33. The first-order valence-electron chi connectivity index (χ1n) is 3.87. The van der Waals surface area contributed by atoms with Crippen LogP contribution < -0.4 is 5.32 Å². The Morgan fingerprint density at radius 3 is 2.70 bits per heavy atom. The van der Waals surface area contributed by atoms with Gasteiger partial charge in [0.05, 0.1) is 0 Å². The van der Waals surface area contributed by atoms with Crippen LogP contribution in [-0.4, -0.2) is 12.5 Å². The summed E-state index contributed by atoms with van der Waals surface area (Å²) >= 11 is 0. The van der Waals surface area contributed by atoms with Crippen molar-refractivity contribution in [2.75, 3.05) is 6.54 Å². The molecule has 0 fully saturated rings. The molecular weight excluding hydrogens is 126 g/mol. The molecule has 10 heavy (non-hydrogen) atoms. The molecule has 1 N–H and O–H groups in total. The van der Waals surface area contributed by atoms with E-state index in [0.717, 1.165) is 13.0 Å². The zero-order chi connectivity index (χ0) is 7.82. The van der Waals surface area contributed by atoms with Crippen LogP contribution in [0.3, 0.4) is 0 Å². The lowest BCUT2D eigenvalue weighted by Crippen LogP contribution is -2.23. The standard InChI is InChI=1S/C8H16NO/c1-3-5-6-7-9-8(10)4-2/h2-7H2,1H3,(H,9,10). The number of carbonyl (C=O) groups is 1. The lowest BCUT2D eigenvalue weighted by Gasteiger charge is -2.00.